The molecular formula is C9H16O4Si. The predicted octanol–water partition coefficient (Wildman–Crippen LogP) is -0.285. The van der Waals surface area contributed by atoms with Gasteiger partial charge < -0.3 is 13.9 Å². The molecule has 5 heteroatoms. The van der Waals surface area contributed by atoms with Crippen LogP contribution in [-0.2, 0) is 18.7 Å². The average molecular weight is 216 g/mol. The van der Waals surface area contributed by atoms with Gasteiger partial charge in [0.25, 0.3) is 5.97 Å². The smallest absolute Gasteiger partial charge is 0.288 e. The molecule has 2 rings (SSSR count). The van der Waals surface area contributed by atoms with Gasteiger partial charge in [-0.3, -0.25) is 4.79 Å². The third-order valence-electron chi connectivity index (χ3n) is 3.02. The van der Waals surface area contributed by atoms with Crippen molar-refractivity contribution in [3.63, 3.8) is 0 Å². The standard InChI is InChI=1S/C9H16O4Si/c1-6(10)13-14-9(7-2-11-3-7)8-4-12-5-8/h7-9H,2-5,14H2,1H3. The zero-order valence-electron chi connectivity index (χ0n) is 8.40. The van der Waals surface area contributed by atoms with Gasteiger partial charge in [0.1, 0.15) is 0 Å². The summed E-state index contributed by atoms with van der Waals surface area (Å²) < 4.78 is 15.6. The zero-order valence-corrected chi connectivity index (χ0v) is 9.81. The number of carbonyl (C=O) groups excluding carboxylic acids is 1. The molecule has 14 heavy (non-hydrogen) atoms. The highest BCUT2D eigenvalue weighted by Gasteiger charge is 2.38. The fourth-order valence-corrected chi connectivity index (χ4v) is 3.39. The molecular weight excluding hydrogens is 200 g/mol. The maximum absolute atomic E-state index is 10.8. The van der Waals surface area contributed by atoms with Gasteiger partial charge in [0, 0.05) is 18.8 Å². The van der Waals surface area contributed by atoms with Crippen molar-refractivity contribution in [3.8, 4) is 0 Å². The first kappa shape index (κ1) is 10.1. The van der Waals surface area contributed by atoms with Gasteiger partial charge in [-0.2, -0.15) is 0 Å². The van der Waals surface area contributed by atoms with Crippen LogP contribution in [0.25, 0.3) is 0 Å². The first-order chi connectivity index (χ1) is 6.77. The van der Waals surface area contributed by atoms with Crippen LogP contribution in [0.2, 0.25) is 5.54 Å². The molecule has 0 amide bonds. The van der Waals surface area contributed by atoms with Gasteiger partial charge in [0.15, 0.2) is 0 Å². The van der Waals surface area contributed by atoms with Gasteiger partial charge in [-0.15, -0.1) is 0 Å². The number of rotatable bonds is 4. The highest BCUT2D eigenvalue weighted by atomic mass is 28.2. The van der Waals surface area contributed by atoms with E-state index in [1.54, 1.807) is 0 Å². The van der Waals surface area contributed by atoms with Crippen molar-refractivity contribution in [2.75, 3.05) is 26.4 Å². The van der Waals surface area contributed by atoms with Crippen LogP contribution in [0.15, 0.2) is 0 Å². The topological polar surface area (TPSA) is 44.8 Å². The molecule has 2 fully saturated rings. The van der Waals surface area contributed by atoms with E-state index in [0.717, 1.165) is 26.4 Å². The lowest BCUT2D eigenvalue weighted by molar-refractivity contribution is -0.133. The minimum Gasteiger partial charge on any atom is -0.525 e. The molecule has 0 N–H and O–H groups in total. The van der Waals surface area contributed by atoms with E-state index in [1.165, 1.54) is 6.92 Å². The minimum absolute atomic E-state index is 0.137. The second-order valence-electron chi connectivity index (χ2n) is 4.06. The van der Waals surface area contributed by atoms with Crippen molar-refractivity contribution in [1.82, 2.24) is 0 Å². The van der Waals surface area contributed by atoms with Gasteiger partial charge in [-0.05, 0) is 5.54 Å². The molecule has 2 saturated heterocycles. The molecule has 0 bridgehead atoms. The van der Waals surface area contributed by atoms with Crippen molar-refractivity contribution in [3.05, 3.63) is 0 Å². The summed E-state index contributed by atoms with van der Waals surface area (Å²) in [5.74, 6) is 1.10. The lowest BCUT2D eigenvalue weighted by Gasteiger charge is -2.41. The number of carbonyl (C=O) groups is 1. The van der Waals surface area contributed by atoms with Crippen molar-refractivity contribution in [1.29, 1.82) is 0 Å². The van der Waals surface area contributed by atoms with Gasteiger partial charge in [-0.1, -0.05) is 0 Å². The van der Waals surface area contributed by atoms with Gasteiger partial charge in [0.05, 0.1) is 26.4 Å². The van der Waals surface area contributed by atoms with Crippen LogP contribution >= 0.6 is 0 Å². The van der Waals surface area contributed by atoms with Gasteiger partial charge in [0.2, 0.25) is 9.76 Å². The van der Waals surface area contributed by atoms with Crippen molar-refractivity contribution in [2.45, 2.75) is 12.5 Å². The van der Waals surface area contributed by atoms with E-state index in [9.17, 15) is 4.79 Å². The van der Waals surface area contributed by atoms with Crippen LogP contribution in [0.3, 0.4) is 0 Å². The predicted molar refractivity (Wildman–Crippen MR) is 52.7 cm³/mol. The van der Waals surface area contributed by atoms with Crippen molar-refractivity contribution >= 4 is 15.7 Å². The van der Waals surface area contributed by atoms with E-state index in [1.807, 2.05) is 0 Å². The maximum atomic E-state index is 10.8. The lowest BCUT2D eigenvalue weighted by Crippen LogP contribution is -2.44. The molecule has 0 spiro atoms. The highest BCUT2D eigenvalue weighted by molar-refractivity contribution is 6.32. The molecule has 2 aliphatic rings. The molecule has 2 aliphatic heterocycles. The quantitative estimate of drug-likeness (QED) is 0.606. The Labute approximate surface area is 85.8 Å². The Hall–Kier alpha value is -0.393. The lowest BCUT2D eigenvalue weighted by atomic mass is 9.91. The fourth-order valence-electron chi connectivity index (χ4n) is 1.87. The van der Waals surface area contributed by atoms with Crippen LogP contribution in [0, 0.1) is 11.8 Å². The molecule has 0 aliphatic carbocycles. The zero-order chi connectivity index (χ0) is 9.97. The normalized spacial score (nSPS) is 23.9. The van der Waals surface area contributed by atoms with Crippen molar-refractivity contribution in [2.24, 2.45) is 11.8 Å². The maximum Gasteiger partial charge on any atom is 0.288 e. The summed E-state index contributed by atoms with van der Waals surface area (Å²) in [6, 6.07) is 0. The Bertz CT molecular complexity index is 199. The van der Waals surface area contributed by atoms with Crippen LogP contribution < -0.4 is 0 Å². The molecule has 0 aromatic heterocycles. The molecule has 0 aromatic carbocycles. The number of ether oxygens (including phenoxy) is 2. The Morgan fingerprint density at radius 1 is 1.29 bits per heavy atom. The van der Waals surface area contributed by atoms with Crippen LogP contribution in [0.1, 0.15) is 6.92 Å². The third-order valence-corrected chi connectivity index (χ3v) is 5.31. The second-order valence-corrected chi connectivity index (χ2v) is 5.63. The van der Waals surface area contributed by atoms with E-state index in [-0.39, 0.29) is 5.97 Å². The summed E-state index contributed by atoms with van der Waals surface area (Å²) in [5, 5.41) is 0. The van der Waals surface area contributed by atoms with E-state index >= 15 is 0 Å². The van der Waals surface area contributed by atoms with E-state index in [4.69, 9.17) is 13.9 Å². The number of hydrogen-bond acceptors (Lipinski definition) is 4. The Morgan fingerprint density at radius 3 is 2.07 bits per heavy atom. The van der Waals surface area contributed by atoms with E-state index in [2.05, 4.69) is 0 Å². The molecule has 2 heterocycles. The summed E-state index contributed by atoms with van der Waals surface area (Å²) in [4.78, 5) is 10.8. The summed E-state index contributed by atoms with van der Waals surface area (Å²) in [5.41, 5.74) is 0.571. The molecule has 0 unspecified atom stereocenters. The summed E-state index contributed by atoms with van der Waals surface area (Å²) in [6.07, 6.45) is 0. The van der Waals surface area contributed by atoms with Gasteiger partial charge >= 0.3 is 0 Å². The second kappa shape index (κ2) is 4.42. The first-order valence-corrected chi connectivity index (χ1v) is 6.45. The van der Waals surface area contributed by atoms with E-state index < -0.39 is 9.76 Å². The monoisotopic (exact) mass is 216 g/mol. The number of hydrogen-bond donors (Lipinski definition) is 0. The molecule has 0 saturated carbocycles. The fraction of sp³-hybridized carbons (Fsp3) is 0.889. The van der Waals surface area contributed by atoms with Crippen molar-refractivity contribution < 1.29 is 18.7 Å². The minimum atomic E-state index is -0.746. The molecule has 4 nitrogen and oxygen atoms in total. The van der Waals surface area contributed by atoms with Crippen LogP contribution in [-0.4, -0.2) is 42.2 Å². The SMILES string of the molecule is CC(=O)O[SiH2]C(C1COC1)C1COC1. The Balaban J connectivity index is 1.81. The van der Waals surface area contributed by atoms with Gasteiger partial charge in [-0.25, -0.2) is 0 Å². The summed E-state index contributed by atoms with van der Waals surface area (Å²) in [6.45, 7) is 4.86. The van der Waals surface area contributed by atoms with Crippen LogP contribution in [0.5, 0.6) is 0 Å². The van der Waals surface area contributed by atoms with E-state index in [0.29, 0.717) is 17.4 Å². The molecule has 80 valence electrons. The molecule has 0 atom stereocenters. The largest absolute Gasteiger partial charge is 0.525 e. The third kappa shape index (κ3) is 2.16. The average Bonchev–Trinajstić information content (AvgIpc) is 1.92. The molecule has 0 radical (unpaired) electrons. The Kier molecular flexibility index (Phi) is 3.20. The first-order valence-electron chi connectivity index (χ1n) is 5.06. The summed E-state index contributed by atoms with van der Waals surface area (Å²) in [7, 11) is -0.746. The summed E-state index contributed by atoms with van der Waals surface area (Å²) >= 11 is 0. The Morgan fingerprint density at radius 2 is 1.79 bits per heavy atom. The highest BCUT2D eigenvalue weighted by Crippen LogP contribution is 2.36. The molecule has 0 aromatic rings. The van der Waals surface area contributed by atoms with Crippen LogP contribution in [0.4, 0.5) is 0 Å².